The SMILES string of the molecule is CS(=O)(=O)c1cc(CCC#N)c(C(N)=O)cn1. The van der Waals surface area contributed by atoms with Crippen LogP contribution < -0.4 is 5.73 Å². The van der Waals surface area contributed by atoms with Crippen LogP contribution in [0.1, 0.15) is 22.3 Å². The third kappa shape index (κ3) is 3.26. The number of nitrogens with zero attached hydrogens (tertiary/aromatic N) is 2. The molecule has 2 N–H and O–H groups in total. The van der Waals surface area contributed by atoms with Gasteiger partial charge in [0.15, 0.2) is 14.9 Å². The summed E-state index contributed by atoms with van der Waals surface area (Å²) in [4.78, 5) is 14.8. The van der Waals surface area contributed by atoms with Gasteiger partial charge in [0, 0.05) is 18.9 Å². The Bertz CT molecular complexity index is 587. The van der Waals surface area contributed by atoms with Crippen molar-refractivity contribution in [2.45, 2.75) is 17.9 Å². The van der Waals surface area contributed by atoms with Crippen LogP contribution >= 0.6 is 0 Å². The molecule has 0 saturated heterocycles. The molecule has 0 unspecified atom stereocenters. The van der Waals surface area contributed by atoms with E-state index in [1.54, 1.807) is 0 Å². The second-order valence-corrected chi connectivity index (χ2v) is 5.44. The normalized spacial score (nSPS) is 10.8. The number of nitriles is 1. The lowest BCUT2D eigenvalue weighted by Gasteiger charge is -2.06. The molecule has 0 aromatic carbocycles. The number of rotatable bonds is 4. The van der Waals surface area contributed by atoms with E-state index in [9.17, 15) is 13.2 Å². The first kappa shape index (κ1) is 13.1. The van der Waals surface area contributed by atoms with Crippen molar-refractivity contribution in [1.29, 1.82) is 5.26 Å². The highest BCUT2D eigenvalue weighted by Gasteiger charge is 2.15. The molecule has 0 fully saturated rings. The van der Waals surface area contributed by atoms with Gasteiger partial charge in [-0.1, -0.05) is 0 Å². The summed E-state index contributed by atoms with van der Waals surface area (Å²) in [5.74, 6) is -0.689. The van der Waals surface area contributed by atoms with Crippen LogP contribution in [0, 0.1) is 11.3 Å². The predicted octanol–water partition coefficient (Wildman–Crippen LogP) is 0.0402. The van der Waals surface area contributed by atoms with Gasteiger partial charge in [0.05, 0.1) is 11.6 Å². The van der Waals surface area contributed by atoms with Gasteiger partial charge in [0.25, 0.3) is 5.91 Å². The number of pyridine rings is 1. The van der Waals surface area contributed by atoms with E-state index >= 15 is 0 Å². The molecule has 1 heterocycles. The fourth-order valence-corrected chi connectivity index (χ4v) is 1.90. The van der Waals surface area contributed by atoms with Gasteiger partial charge in [-0.3, -0.25) is 4.79 Å². The summed E-state index contributed by atoms with van der Waals surface area (Å²) < 4.78 is 22.6. The topological polar surface area (TPSA) is 114 Å². The van der Waals surface area contributed by atoms with Crippen molar-refractivity contribution >= 4 is 15.7 Å². The molecule has 0 spiro atoms. The van der Waals surface area contributed by atoms with E-state index in [-0.39, 0.29) is 23.4 Å². The van der Waals surface area contributed by atoms with Crippen LogP contribution in [0.15, 0.2) is 17.3 Å². The van der Waals surface area contributed by atoms with E-state index in [1.807, 2.05) is 6.07 Å². The van der Waals surface area contributed by atoms with Crippen molar-refractivity contribution in [3.8, 4) is 6.07 Å². The number of carbonyl (C=O) groups excluding carboxylic acids is 1. The predicted molar refractivity (Wildman–Crippen MR) is 59.8 cm³/mol. The van der Waals surface area contributed by atoms with Crippen LogP contribution in [0.25, 0.3) is 0 Å². The van der Waals surface area contributed by atoms with E-state index in [0.29, 0.717) is 5.56 Å². The number of hydrogen-bond donors (Lipinski definition) is 1. The maximum Gasteiger partial charge on any atom is 0.250 e. The Morgan fingerprint density at radius 1 is 1.59 bits per heavy atom. The molecule has 7 heteroatoms. The van der Waals surface area contributed by atoms with E-state index in [4.69, 9.17) is 11.0 Å². The van der Waals surface area contributed by atoms with Crippen molar-refractivity contribution < 1.29 is 13.2 Å². The van der Waals surface area contributed by atoms with E-state index < -0.39 is 15.7 Å². The van der Waals surface area contributed by atoms with Gasteiger partial charge in [-0.2, -0.15) is 5.26 Å². The molecule has 0 aliphatic carbocycles. The monoisotopic (exact) mass is 253 g/mol. The van der Waals surface area contributed by atoms with Crippen molar-refractivity contribution in [3.05, 3.63) is 23.4 Å². The number of aryl methyl sites for hydroxylation is 1. The standard InChI is InChI=1S/C10H11N3O3S/c1-17(15,16)9-5-7(3-2-4-11)8(6-13-9)10(12)14/h5-6H,2-3H2,1H3,(H2,12,14). The Morgan fingerprint density at radius 3 is 2.71 bits per heavy atom. The molecule has 6 nitrogen and oxygen atoms in total. The molecule has 17 heavy (non-hydrogen) atoms. The average molecular weight is 253 g/mol. The molecule has 0 saturated carbocycles. The third-order valence-electron chi connectivity index (χ3n) is 2.12. The zero-order valence-corrected chi connectivity index (χ0v) is 9.99. The molecule has 1 aromatic heterocycles. The first-order valence-electron chi connectivity index (χ1n) is 4.72. The summed E-state index contributed by atoms with van der Waals surface area (Å²) in [5, 5.41) is 8.36. The number of hydrogen-bond acceptors (Lipinski definition) is 5. The first-order chi connectivity index (χ1) is 7.86. The molecule has 1 amide bonds. The summed E-state index contributed by atoms with van der Waals surface area (Å²) in [7, 11) is -3.44. The Kier molecular flexibility index (Phi) is 3.81. The maximum atomic E-state index is 11.3. The molecule has 0 aliphatic heterocycles. The summed E-state index contributed by atoms with van der Waals surface area (Å²) in [6, 6.07) is 3.20. The van der Waals surface area contributed by atoms with Crippen molar-refractivity contribution in [1.82, 2.24) is 4.98 Å². The molecule has 0 radical (unpaired) electrons. The van der Waals surface area contributed by atoms with Crippen molar-refractivity contribution in [2.75, 3.05) is 6.26 Å². The Hall–Kier alpha value is -1.94. The van der Waals surface area contributed by atoms with Gasteiger partial charge in [-0.05, 0) is 18.1 Å². The van der Waals surface area contributed by atoms with Crippen LogP contribution in [0.3, 0.4) is 0 Å². The van der Waals surface area contributed by atoms with Gasteiger partial charge in [-0.25, -0.2) is 13.4 Å². The molecular weight excluding hydrogens is 242 g/mol. The zero-order chi connectivity index (χ0) is 13.1. The smallest absolute Gasteiger partial charge is 0.250 e. The summed E-state index contributed by atoms with van der Waals surface area (Å²) in [6.07, 6.45) is 2.59. The molecule has 90 valence electrons. The lowest BCUT2D eigenvalue weighted by molar-refractivity contribution is 0.0999. The highest BCUT2D eigenvalue weighted by molar-refractivity contribution is 7.90. The van der Waals surface area contributed by atoms with Gasteiger partial charge < -0.3 is 5.73 Å². The maximum absolute atomic E-state index is 11.3. The van der Waals surface area contributed by atoms with Crippen LogP contribution in [0.5, 0.6) is 0 Å². The third-order valence-corrected chi connectivity index (χ3v) is 3.10. The molecule has 0 bridgehead atoms. The van der Waals surface area contributed by atoms with Crippen LogP contribution in [0.4, 0.5) is 0 Å². The average Bonchev–Trinajstić information content (AvgIpc) is 2.24. The highest BCUT2D eigenvalue weighted by atomic mass is 32.2. The first-order valence-corrected chi connectivity index (χ1v) is 6.61. The van der Waals surface area contributed by atoms with Gasteiger partial charge >= 0.3 is 0 Å². The van der Waals surface area contributed by atoms with Crippen molar-refractivity contribution in [3.63, 3.8) is 0 Å². The Labute approximate surface area is 99.0 Å². The molecule has 0 aliphatic rings. The number of primary amides is 1. The van der Waals surface area contributed by atoms with E-state index in [2.05, 4.69) is 4.98 Å². The second kappa shape index (κ2) is 4.93. The number of sulfone groups is 1. The molecule has 0 atom stereocenters. The Balaban J connectivity index is 3.30. The highest BCUT2D eigenvalue weighted by Crippen LogP contribution is 2.14. The zero-order valence-electron chi connectivity index (χ0n) is 9.17. The molecule has 1 aromatic rings. The number of nitrogens with two attached hydrogens (primary N) is 1. The summed E-state index contributed by atoms with van der Waals surface area (Å²) in [6.45, 7) is 0. The van der Waals surface area contributed by atoms with Gasteiger partial charge in [0.1, 0.15) is 0 Å². The minimum Gasteiger partial charge on any atom is -0.366 e. The minimum absolute atomic E-state index is 0.129. The van der Waals surface area contributed by atoms with Crippen LogP contribution in [-0.4, -0.2) is 25.6 Å². The lowest BCUT2D eigenvalue weighted by atomic mass is 10.1. The fraction of sp³-hybridized carbons (Fsp3) is 0.300. The fourth-order valence-electron chi connectivity index (χ4n) is 1.30. The summed E-state index contributed by atoms with van der Waals surface area (Å²) >= 11 is 0. The van der Waals surface area contributed by atoms with Gasteiger partial charge in [-0.15, -0.1) is 0 Å². The summed E-state index contributed by atoms with van der Waals surface area (Å²) in [5.41, 5.74) is 5.71. The van der Waals surface area contributed by atoms with E-state index in [0.717, 1.165) is 12.5 Å². The number of aromatic nitrogens is 1. The number of carbonyl (C=O) groups is 1. The molecular formula is C10H11N3O3S. The minimum atomic E-state index is -3.44. The molecule has 1 rings (SSSR count). The van der Waals surface area contributed by atoms with Crippen LogP contribution in [-0.2, 0) is 16.3 Å². The van der Waals surface area contributed by atoms with Gasteiger partial charge in [0.2, 0.25) is 0 Å². The van der Waals surface area contributed by atoms with E-state index in [1.165, 1.54) is 6.07 Å². The largest absolute Gasteiger partial charge is 0.366 e. The number of amides is 1. The van der Waals surface area contributed by atoms with Crippen molar-refractivity contribution in [2.24, 2.45) is 5.73 Å². The Morgan fingerprint density at radius 2 is 2.24 bits per heavy atom. The quantitative estimate of drug-likeness (QED) is 0.813. The lowest BCUT2D eigenvalue weighted by Crippen LogP contribution is -2.15. The second-order valence-electron chi connectivity index (χ2n) is 3.47. The van der Waals surface area contributed by atoms with Crippen LogP contribution in [0.2, 0.25) is 0 Å².